The van der Waals surface area contributed by atoms with Crippen LogP contribution in [-0.4, -0.2) is 22.6 Å². The van der Waals surface area contributed by atoms with Crippen LogP contribution in [0.25, 0.3) is 0 Å². The quantitative estimate of drug-likeness (QED) is 0.644. The van der Waals surface area contributed by atoms with Gasteiger partial charge in [-0.1, -0.05) is 38.8 Å². The number of rotatable bonds is 2. The molecule has 0 saturated heterocycles. The van der Waals surface area contributed by atoms with Crippen LogP contribution < -0.4 is 0 Å². The van der Waals surface area contributed by atoms with E-state index >= 15 is 0 Å². The highest BCUT2D eigenvalue weighted by Gasteiger charge is 2.70. The summed E-state index contributed by atoms with van der Waals surface area (Å²) in [6, 6.07) is 0. The summed E-state index contributed by atoms with van der Waals surface area (Å²) in [5.74, 6) is 0.677. The topological polar surface area (TPSA) is 71.4 Å². The molecule has 4 nitrogen and oxygen atoms in total. The molecule has 0 aliphatic heterocycles. The van der Waals surface area contributed by atoms with Crippen molar-refractivity contribution in [2.24, 2.45) is 51.8 Å². The Labute approximate surface area is 179 Å². The first-order chi connectivity index (χ1) is 14.1. The third-order valence-electron chi connectivity index (χ3n) is 10.5. The van der Waals surface area contributed by atoms with Crippen LogP contribution in [0.5, 0.6) is 0 Å². The van der Waals surface area contributed by atoms with Crippen molar-refractivity contribution in [3.05, 3.63) is 11.6 Å². The number of fused-ring (bicyclic) bond motifs is 1. The van der Waals surface area contributed by atoms with Gasteiger partial charge in [-0.3, -0.25) is 14.4 Å². The average molecular weight is 413 g/mol. The zero-order valence-corrected chi connectivity index (χ0v) is 18.9. The lowest BCUT2D eigenvalue weighted by molar-refractivity contribution is -0.200. The number of carbonyl (C=O) groups is 3. The molecule has 0 amide bonds. The van der Waals surface area contributed by atoms with Gasteiger partial charge in [0.1, 0.15) is 11.6 Å². The van der Waals surface area contributed by atoms with E-state index in [9.17, 15) is 19.5 Å². The molecule has 8 atom stereocenters. The van der Waals surface area contributed by atoms with Gasteiger partial charge in [0, 0.05) is 30.1 Å². The number of carboxylic acid groups (broad SMARTS) is 1. The Morgan fingerprint density at radius 3 is 2.43 bits per heavy atom. The molecule has 0 aromatic rings. The van der Waals surface area contributed by atoms with Gasteiger partial charge in [-0.2, -0.15) is 0 Å². The van der Waals surface area contributed by atoms with Crippen molar-refractivity contribution in [1.29, 1.82) is 0 Å². The van der Waals surface area contributed by atoms with Gasteiger partial charge in [-0.15, -0.1) is 0 Å². The second kappa shape index (κ2) is 6.29. The predicted molar refractivity (Wildman–Crippen MR) is 114 cm³/mol. The molecule has 0 radical (unpaired) electrons. The number of ketones is 2. The summed E-state index contributed by atoms with van der Waals surface area (Å²) in [6.45, 7) is 8.73. The van der Waals surface area contributed by atoms with E-state index < -0.39 is 11.4 Å². The van der Waals surface area contributed by atoms with E-state index in [1.54, 1.807) is 0 Å². The Morgan fingerprint density at radius 1 is 1.07 bits per heavy atom. The molecule has 4 heteroatoms. The number of hydrogen-bond donors (Lipinski definition) is 1. The smallest absolute Gasteiger partial charge is 0.309 e. The predicted octanol–water partition coefficient (Wildman–Crippen LogP) is 5.06. The van der Waals surface area contributed by atoms with Crippen molar-refractivity contribution in [2.45, 2.75) is 79.1 Å². The van der Waals surface area contributed by atoms with Crippen LogP contribution in [0, 0.1) is 51.8 Å². The summed E-state index contributed by atoms with van der Waals surface area (Å²) < 4.78 is 0. The minimum absolute atomic E-state index is 0.0767. The normalized spacial score (nSPS) is 49.9. The van der Waals surface area contributed by atoms with E-state index in [4.69, 9.17) is 0 Å². The van der Waals surface area contributed by atoms with E-state index in [0.29, 0.717) is 36.2 Å². The van der Waals surface area contributed by atoms with Gasteiger partial charge in [0.05, 0.1) is 5.41 Å². The SMILES string of the molecule is CC(C)C1=C[C@@]23CCC4[C@](C)(CCC[C@@]4(C)C(=O)O)C2CC1[C@H]1C(=O)CCC(=O)[C@H]13. The van der Waals surface area contributed by atoms with E-state index in [2.05, 4.69) is 26.8 Å². The first-order valence-electron chi connectivity index (χ1n) is 12.1. The molecule has 6 aliphatic rings. The fourth-order valence-corrected chi connectivity index (χ4v) is 9.34. The highest BCUT2D eigenvalue weighted by atomic mass is 16.4. The van der Waals surface area contributed by atoms with Gasteiger partial charge in [0.25, 0.3) is 0 Å². The van der Waals surface area contributed by atoms with E-state index in [1.807, 2.05) is 6.92 Å². The van der Waals surface area contributed by atoms with Crippen LogP contribution in [0.15, 0.2) is 11.6 Å². The molecule has 4 fully saturated rings. The van der Waals surface area contributed by atoms with Crippen LogP contribution in [0.4, 0.5) is 0 Å². The van der Waals surface area contributed by atoms with Crippen LogP contribution in [0.2, 0.25) is 0 Å². The maximum Gasteiger partial charge on any atom is 0.309 e. The Kier molecular flexibility index (Phi) is 4.29. The van der Waals surface area contributed by atoms with E-state index in [0.717, 1.165) is 38.5 Å². The largest absolute Gasteiger partial charge is 0.481 e. The van der Waals surface area contributed by atoms with Crippen molar-refractivity contribution < 1.29 is 19.5 Å². The van der Waals surface area contributed by atoms with Crippen molar-refractivity contribution >= 4 is 17.5 Å². The Balaban J connectivity index is 1.67. The van der Waals surface area contributed by atoms with Gasteiger partial charge in [-0.05, 0) is 68.1 Å². The van der Waals surface area contributed by atoms with Crippen LogP contribution in [0.1, 0.15) is 79.1 Å². The fourth-order valence-electron chi connectivity index (χ4n) is 9.34. The maximum atomic E-state index is 13.3. The highest BCUT2D eigenvalue weighted by Crippen LogP contribution is 2.74. The zero-order valence-electron chi connectivity index (χ0n) is 18.9. The van der Waals surface area contributed by atoms with Gasteiger partial charge >= 0.3 is 5.97 Å². The minimum Gasteiger partial charge on any atom is -0.481 e. The summed E-state index contributed by atoms with van der Waals surface area (Å²) in [7, 11) is 0. The van der Waals surface area contributed by atoms with Gasteiger partial charge in [0.15, 0.2) is 0 Å². The molecule has 2 bridgehead atoms. The molecular formula is C26H36O4. The minimum atomic E-state index is -0.679. The lowest BCUT2D eigenvalue weighted by Crippen LogP contribution is -2.67. The third-order valence-corrected chi connectivity index (χ3v) is 10.5. The number of carboxylic acids is 1. The lowest BCUT2D eigenvalue weighted by Gasteiger charge is -2.70. The molecule has 30 heavy (non-hydrogen) atoms. The van der Waals surface area contributed by atoms with Crippen LogP contribution in [-0.2, 0) is 14.4 Å². The van der Waals surface area contributed by atoms with Crippen LogP contribution in [0.3, 0.4) is 0 Å². The third kappa shape index (κ3) is 2.31. The molecule has 0 heterocycles. The second-order valence-electron chi connectivity index (χ2n) is 11.9. The number of allylic oxidation sites excluding steroid dienone is 2. The summed E-state index contributed by atoms with van der Waals surface area (Å²) in [5.41, 5.74) is 0.400. The zero-order chi connectivity index (χ0) is 21.6. The van der Waals surface area contributed by atoms with Gasteiger partial charge < -0.3 is 5.11 Å². The number of carbonyl (C=O) groups excluding carboxylic acids is 2. The maximum absolute atomic E-state index is 13.3. The van der Waals surface area contributed by atoms with Crippen LogP contribution >= 0.6 is 0 Å². The molecule has 0 aromatic heterocycles. The number of aliphatic carboxylic acids is 1. The summed E-state index contributed by atoms with van der Waals surface area (Å²) in [6.07, 6.45) is 8.70. The average Bonchev–Trinajstić information content (AvgIpc) is 2.69. The van der Waals surface area contributed by atoms with Gasteiger partial charge in [0.2, 0.25) is 0 Å². The first-order valence-corrected chi connectivity index (χ1v) is 12.1. The standard InChI is InChI=1S/C26H36O4/c1-14(2)16-13-26-11-8-19-24(3,9-5-10-25(19,4)23(29)30)20(26)12-15(16)21-17(27)6-7-18(28)22(21)26/h13-15,19-22H,5-12H2,1-4H3,(H,29,30)/t15?,19?,20?,21-,22+,24-,25+,26-/m0/s1. The second-order valence-corrected chi connectivity index (χ2v) is 11.9. The van der Waals surface area contributed by atoms with E-state index in [-0.39, 0.29) is 34.5 Å². The molecule has 4 saturated carbocycles. The molecule has 1 N–H and O–H groups in total. The molecule has 3 unspecified atom stereocenters. The molecule has 6 aliphatic carbocycles. The van der Waals surface area contributed by atoms with Crippen molar-refractivity contribution in [3.63, 3.8) is 0 Å². The van der Waals surface area contributed by atoms with Crippen molar-refractivity contribution in [1.82, 2.24) is 0 Å². The molecule has 6 rings (SSSR count). The monoisotopic (exact) mass is 412 g/mol. The molecule has 1 spiro atoms. The lowest BCUT2D eigenvalue weighted by atomic mass is 9.33. The van der Waals surface area contributed by atoms with Crippen molar-refractivity contribution in [3.8, 4) is 0 Å². The van der Waals surface area contributed by atoms with E-state index in [1.165, 1.54) is 5.57 Å². The Hall–Kier alpha value is -1.45. The molecule has 0 aromatic carbocycles. The first kappa shape index (κ1) is 20.5. The number of hydrogen-bond acceptors (Lipinski definition) is 3. The molecular weight excluding hydrogens is 376 g/mol. The molecule has 164 valence electrons. The summed E-state index contributed by atoms with van der Waals surface area (Å²) in [5, 5.41) is 10.1. The number of Topliss-reactive ketones (excluding diaryl/α,β-unsaturated/α-hetero) is 2. The summed E-state index contributed by atoms with van der Waals surface area (Å²) >= 11 is 0. The fraction of sp³-hybridized carbons (Fsp3) is 0.808. The Bertz CT molecular complexity index is 855. The highest BCUT2D eigenvalue weighted by molar-refractivity contribution is 5.98. The van der Waals surface area contributed by atoms with Gasteiger partial charge in [-0.25, -0.2) is 0 Å². The Morgan fingerprint density at radius 2 is 1.77 bits per heavy atom. The van der Waals surface area contributed by atoms with Crippen molar-refractivity contribution in [2.75, 3.05) is 0 Å². The summed E-state index contributed by atoms with van der Waals surface area (Å²) in [4.78, 5) is 38.8.